The van der Waals surface area contributed by atoms with Crippen molar-refractivity contribution < 1.29 is 23.8 Å². The van der Waals surface area contributed by atoms with E-state index in [9.17, 15) is 14.0 Å². The van der Waals surface area contributed by atoms with Crippen molar-refractivity contribution >= 4 is 28.7 Å². The van der Waals surface area contributed by atoms with E-state index in [1.54, 1.807) is 12.1 Å². The maximum Gasteiger partial charge on any atom is 0.412 e. The van der Waals surface area contributed by atoms with E-state index in [-0.39, 0.29) is 24.7 Å². The number of rotatable bonds is 6. The highest BCUT2D eigenvalue weighted by Crippen LogP contribution is 2.17. The second-order valence-electron chi connectivity index (χ2n) is 4.67. The first kappa shape index (κ1) is 15.7. The van der Waals surface area contributed by atoms with E-state index < -0.39 is 12.1 Å². The lowest BCUT2D eigenvalue weighted by molar-refractivity contribution is -0.137. The number of carbonyl (C=O) groups is 2. The molecule has 0 spiro atoms. The molecule has 2 rings (SSSR count). The van der Waals surface area contributed by atoms with Crippen molar-refractivity contribution in [3.8, 4) is 0 Å². The average molecular weight is 306 g/mol. The van der Waals surface area contributed by atoms with E-state index in [4.69, 9.17) is 9.84 Å². The molecule has 0 bridgehead atoms. The molecule has 0 unspecified atom stereocenters. The largest absolute Gasteiger partial charge is 0.481 e. The lowest BCUT2D eigenvalue weighted by Gasteiger charge is -2.07. The Labute approximate surface area is 125 Å². The molecule has 0 saturated carbocycles. The van der Waals surface area contributed by atoms with Gasteiger partial charge in [0.1, 0.15) is 11.6 Å². The van der Waals surface area contributed by atoms with Crippen LogP contribution in [0.4, 0.5) is 15.0 Å². The molecule has 7 heteroatoms. The van der Waals surface area contributed by atoms with Gasteiger partial charge in [-0.1, -0.05) is 0 Å². The predicted molar refractivity (Wildman–Crippen MR) is 78.2 cm³/mol. The van der Waals surface area contributed by atoms with Gasteiger partial charge < -0.3 is 9.84 Å². The molecule has 2 N–H and O–H groups in total. The van der Waals surface area contributed by atoms with Gasteiger partial charge in [0.25, 0.3) is 0 Å². The van der Waals surface area contributed by atoms with Gasteiger partial charge in [0.05, 0.1) is 6.61 Å². The Morgan fingerprint density at radius 1 is 1.23 bits per heavy atom. The van der Waals surface area contributed by atoms with E-state index in [1.807, 2.05) is 0 Å². The number of aromatic nitrogens is 1. The van der Waals surface area contributed by atoms with Crippen LogP contribution in [0.1, 0.15) is 19.3 Å². The molecule has 0 aliphatic heterocycles. The van der Waals surface area contributed by atoms with Crippen LogP contribution < -0.4 is 5.32 Å². The van der Waals surface area contributed by atoms with Crippen LogP contribution >= 0.6 is 0 Å². The summed E-state index contributed by atoms with van der Waals surface area (Å²) in [6, 6.07) is 5.83. The highest BCUT2D eigenvalue weighted by molar-refractivity contribution is 5.89. The topological polar surface area (TPSA) is 88.5 Å². The maximum atomic E-state index is 13.2. The van der Waals surface area contributed by atoms with Crippen molar-refractivity contribution in [3.05, 3.63) is 36.3 Å². The number of amides is 1. The molecule has 0 aliphatic rings. The summed E-state index contributed by atoms with van der Waals surface area (Å²) in [5, 5.41) is 12.3. The van der Waals surface area contributed by atoms with Crippen molar-refractivity contribution in [3.63, 3.8) is 0 Å². The Balaban J connectivity index is 1.85. The lowest BCUT2D eigenvalue weighted by atomic mass is 10.2. The minimum absolute atomic E-state index is 0.0444. The monoisotopic (exact) mass is 306 g/mol. The normalized spacial score (nSPS) is 10.4. The number of anilines is 1. The van der Waals surface area contributed by atoms with Gasteiger partial charge in [0, 0.05) is 18.0 Å². The number of unbranched alkanes of at least 4 members (excludes halogenated alkanes) is 1. The number of fused-ring (bicyclic) bond motifs is 1. The maximum absolute atomic E-state index is 13.2. The van der Waals surface area contributed by atoms with Crippen LogP contribution in [-0.4, -0.2) is 28.8 Å². The smallest absolute Gasteiger partial charge is 0.412 e. The number of ether oxygens (including phenoxy) is 1. The van der Waals surface area contributed by atoms with Crippen molar-refractivity contribution in [2.45, 2.75) is 19.3 Å². The minimum Gasteiger partial charge on any atom is -0.481 e. The van der Waals surface area contributed by atoms with E-state index in [0.29, 0.717) is 18.2 Å². The molecular formula is C15H15FN2O4. The first-order valence-corrected chi connectivity index (χ1v) is 6.75. The fraction of sp³-hybridized carbons (Fsp3) is 0.267. The van der Waals surface area contributed by atoms with Crippen LogP contribution in [-0.2, 0) is 9.53 Å². The minimum atomic E-state index is -0.878. The summed E-state index contributed by atoms with van der Waals surface area (Å²) in [5.74, 6) is -0.989. The van der Waals surface area contributed by atoms with E-state index in [1.165, 1.54) is 18.3 Å². The van der Waals surface area contributed by atoms with Crippen LogP contribution in [0.3, 0.4) is 0 Å². The molecule has 0 atom stereocenters. The van der Waals surface area contributed by atoms with Crippen molar-refractivity contribution in [1.29, 1.82) is 0 Å². The summed E-state index contributed by atoms with van der Waals surface area (Å²) >= 11 is 0. The van der Waals surface area contributed by atoms with Crippen LogP contribution in [0.5, 0.6) is 0 Å². The van der Waals surface area contributed by atoms with E-state index in [2.05, 4.69) is 10.3 Å². The lowest BCUT2D eigenvalue weighted by Crippen LogP contribution is -2.15. The Kier molecular flexibility index (Phi) is 5.24. The van der Waals surface area contributed by atoms with Gasteiger partial charge >= 0.3 is 12.1 Å². The SMILES string of the molecule is O=C(O)CCCCOC(=O)Nc1cc2cc(F)ccc2cn1. The number of nitrogens with one attached hydrogen (secondary N) is 1. The number of carboxylic acids is 1. The van der Waals surface area contributed by atoms with Crippen LogP contribution in [0.25, 0.3) is 10.8 Å². The molecule has 0 fully saturated rings. The fourth-order valence-electron chi connectivity index (χ4n) is 1.86. The Morgan fingerprint density at radius 2 is 2.05 bits per heavy atom. The number of carboxylic acid groups (broad SMARTS) is 1. The highest BCUT2D eigenvalue weighted by Gasteiger charge is 2.06. The molecule has 0 radical (unpaired) electrons. The fourth-order valence-corrected chi connectivity index (χ4v) is 1.86. The third kappa shape index (κ3) is 4.69. The van der Waals surface area contributed by atoms with Gasteiger partial charge in [-0.15, -0.1) is 0 Å². The number of hydrogen-bond donors (Lipinski definition) is 2. The van der Waals surface area contributed by atoms with Crippen LogP contribution in [0, 0.1) is 5.82 Å². The molecule has 0 aliphatic carbocycles. The van der Waals surface area contributed by atoms with Gasteiger partial charge in [0.15, 0.2) is 0 Å². The number of aliphatic carboxylic acids is 1. The number of nitrogens with zero attached hydrogens (tertiary/aromatic N) is 1. The predicted octanol–water partition coefficient (Wildman–Crippen LogP) is 3.18. The number of carbonyl (C=O) groups excluding carboxylic acids is 1. The van der Waals surface area contributed by atoms with E-state index >= 15 is 0 Å². The number of pyridine rings is 1. The quantitative estimate of drug-likeness (QED) is 0.800. The molecule has 1 aromatic carbocycles. The molecule has 1 aromatic heterocycles. The van der Waals surface area contributed by atoms with Crippen LogP contribution in [0.15, 0.2) is 30.5 Å². The van der Waals surface area contributed by atoms with Crippen LogP contribution in [0.2, 0.25) is 0 Å². The second-order valence-corrected chi connectivity index (χ2v) is 4.67. The molecule has 1 heterocycles. The Morgan fingerprint density at radius 3 is 2.82 bits per heavy atom. The third-order valence-corrected chi connectivity index (χ3v) is 2.93. The molecule has 0 saturated heterocycles. The third-order valence-electron chi connectivity index (χ3n) is 2.93. The standard InChI is InChI=1S/C15H15FN2O4/c16-12-5-4-10-9-17-13(8-11(10)7-12)18-15(21)22-6-2-1-3-14(19)20/h4-5,7-9H,1-3,6H2,(H,19,20)(H,17,18,21). The summed E-state index contributed by atoms with van der Waals surface area (Å²) in [7, 11) is 0. The molecule has 6 nitrogen and oxygen atoms in total. The highest BCUT2D eigenvalue weighted by atomic mass is 19.1. The summed E-state index contributed by atoms with van der Waals surface area (Å²) < 4.78 is 18.1. The summed E-state index contributed by atoms with van der Waals surface area (Å²) in [6.45, 7) is 0.126. The average Bonchev–Trinajstić information content (AvgIpc) is 2.46. The zero-order chi connectivity index (χ0) is 15.9. The van der Waals surface area contributed by atoms with Crippen molar-refractivity contribution in [1.82, 2.24) is 4.98 Å². The molecule has 2 aromatic rings. The summed E-state index contributed by atoms with van der Waals surface area (Å²) in [5.41, 5.74) is 0. The van der Waals surface area contributed by atoms with Gasteiger partial charge in [0.2, 0.25) is 0 Å². The Hall–Kier alpha value is -2.70. The first-order chi connectivity index (χ1) is 10.5. The number of halogens is 1. The van der Waals surface area contributed by atoms with Gasteiger partial charge in [-0.25, -0.2) is 14.2 Å². The zero-order valence-electron chi connectivity index (χ0n) is 11.7. The van der Waals surface area contributed by atoms with Gasteiger partial charge in [-0.2, -0.15) is 0 Å². The second kappa shape index (κ2) is 7.35. The van der Waals surface area contributed by atoms with Crippen molar-refractivity contribution in [2.75, 3.05) is 11.9 Å². The molecule has 116 valence electrons. The number of hydrogen-bond acceptors (Lipinski definition) is 4. The van der Waals surface area contributed by atoms with Gasteiger partial charge in [-0.3, -0.25) is 10.1 Å². The van der Waals surface area contributed by atoms with E-state index in [0.717, 1.165) is 5.39 Å². The number of benzene rings is 1. The molecule has 22 heavy (non-hydrogen) atoms. The molecule has 1 amide bonds. The van der Waals surface area contributed by atoms with Crippen molar-refractivity contribution in [2.24, 2.45) is 0 Å². The Bertz CT molecular complexity index is 690. The summed E-state index contributed by atoms with van der Waals surface area (Å²) in [4.78, 5) is 25.9. The first-order valence-electron chi connectivity index (χ1n) is 6.75. The molecular weight excluding hydrogens is 291 g/mol. The summed E-state index contributed by atoms with van der Waals surface area (Å²) in [6.07, 6.45) is 1.80. The van der Waals surface area contributed by atoms with Gasteiger partial charge in [-0.05, 0) is 42.5 Å². The zero-order valence-corrected chi connectivity index (χ0v) is 11.7.